The molecule has 1 aliphatic rings. The van der Waals surface area contributed by atoms with Crippen molar-refractivity contribution in [1.82, 2.24) is 30.0 Å². The largest absolute Gasteiger partial charge is 0.434 e. The molecule has 0 radical (unpaired) electrons. The first kappa shape index (κ1) is 30.2. The minimum absolute atomic E-state index is 0.00268. The molecule has 7 rings (SSSR count). The molecule has 14 heteroatoms. The maximum absolute atomic E-state index is 14.6. The Balaban J connectivity index is 1.42. The molecule has 0 atom stereocenters. The van der Waals surface area contributed by atoms with E-state index in [-0.39, 0.29) is 46.0 Å². The Morgan fingerprint density at radius 1 is 0.915 bits per heavy atom. The van der Waals surface area contributed by atoms with Crippen molar-refractivity contribution in [2.24, 2.45) is 0 Å². The Hall–Kier alpha value is -5.43. The average molecular weight is 659 g/mol. The monoisotopic (exact) mass is 658 g/mol. The zero-order valence-electron chi connectivity index (χ0n) is 24.6. The van der Waals surface area contributed by atoms with Crippen LogP contribution in [0.4, 0.5) is 8.78 Å². The number of nitrogens with zero attached hydrogens (tertiary/aromatic N) is 4. The second kappa shape index (κ2) is 12.4. The number of oxazole rings is 1. The number of carbonyl (C=O) groups excluding carboxylic acids is 1. The number of amides is 1. The first-order chi connectivity index (χ1) is 22.7. The van der Waals surface area contributed by atoms with Crippen molar-refractivity contribution in [2.75, 3.05) is 6.54 Å². The van der Waals surface area contributed by atoms with Gasteiger partial charge in [0, 0.05) is 18.3 Å². The summed E-state index contributed by atoms with van der Waals surface area (Å²) in [4.78, 5) is 47.8. The van der Waals surface area contributed by atoms with Crippen LogP contribution >= 0.6 is 11.6 Å². The van der Waals surface area contributed by atoms with Gasteiger partial charge in [0.2, 0.25) is 0 Å². The SMILES string of the molecule is O=C1NCCCCc2nc(CCc3ccc(F)cc3)c(-c3n[nH]c(=O)o3)c(-c3ccc4c(c3)oc(=O)n4Cc3ncc(Cl)cc3F)c21. The fourth-order valence-corrected chi connectivity index (χ4v) is 6.00. The van der Waals surface area contributed by atoms with Gasteiger partial charge in [0.1, 0.15) is 11.6 Å². The first-order valence-corrected chi connectivity index (χ1v) is 15.2. The lowest BCUT2D eigenvalue weighted by atomic mass is 9.88. The van der Waals surface area contributed by atoms with Crippen molar-refractivity contribution in [3.8, 4) is 22.6 Å². The number of aryl methyl sites for hydroxylation is 3. The van der Waals surface area contributed by atoms with E-state index in [0.29, 0.717) is 59.4 Å². The number of nitrogens with one attached hydrogen (secondary N) is 2. The van der Waals surface area contributed by atoms with Gasteiger partial charge in [-0.2, -0.15) is 0 Å². The van der Waals surface area contributed by atoms with Gasteiger partial charge in [-0.15, -0.1) is 5.10 Å². The molecular weight excluding hydrogens is 634 g/mol. The van der Waals surface area contributed by atoms with Crippen LogP contribution in [0.25, 0.3) is 33.7 Å². The highest BCUT2D eigenvalue weighted by Crippen LogP contribution is 2.40. The highest BCUT2D eigenvalue weighted by Gasteiger charge is 2.30. The molecule has 1 aliphatic heterocycles. The minimum atomic E-state index is -0.798. The smallest absolute Gasteiger partial charge is 0.408 e. The number of pyridine rings is 2. The van der Waals surface area contributed by atoms with E-state index in [9.17, 15) is 23.2 Å². The van der Waals surface area contributed by atoms with Gasteiger partial charge in [-0.25, -0.2) is 23.5 Å². The molecule has 47 heavy (non-hydrogen) atoms. The van der Waals surface area contributed by atoms with Gasteiger partial charge in [-0.1, -0.05) is 29.8 Å². The van der Waals surface area contributed by atoms with Gasteiger partial charge in [-0.05, 0) is 73.6 Å². The number of rotatable bonds is 7. The summed E-state index contributed by atoms with van der Waals surface area (Å²) in [5.74, 6) is -3.01. The fourth-order valence-electron chi connectivity index (χ4n) is 5.85. The van der Waals surface area contributed by atoms with Crippen molar-refractivity contribution in [1.29, 1.82) is 0 Å². The second-order valence-electron chi connectivity index (χ2n) is 11.1. The number of carbonyl (C=O) groups is 1. The normalized spacial score (nSPS) is 13.3. The average Bonchev–Trinajstić information content (AvgIpc) is 3.61. The molecule has 4 aromatic heterocycles. The van der Waals surface area contributed by atoms with Crippen LogP contribution in [0, 0.1) is 11.6 Å². The van der Waals surface area contributed by atoms with Crippen LogP contribution in [-0.2, 0) is 25.8 Å². The number of aromatic nitrogens is 5. The molecule has 6 aromatic rings. The number of benzene rings is 2. The van der Waals surface area contributed by atoms with Crippen LogP contribution in [0.5, 0.6) is 0 Å². The summed E-state index contributed by atoms with van der Waals surface area (Å²) in [5.41, 5.74) is 3.89. The minimum Gasteiger partial charge on any atom is -0.408 e. The molecule has 0 saturated heterocycles. The van der Waals surface area contributed by atoms with Crippen LogP contribution in [0.15, 0.2) is 73.2 Å². The highest BCUT2D eigenvalue weighted by molar-refractivity contribution is 6.30. The molecule has 238 valence electrons. The molecule has 0 fully saturated rings. The molecule has 0 spiro atoms. The standard InChI is InChI=1S/C33H25ClF2N6O5/c34-19-14-21(36)24(38-15-19)16-42-25-11-7-18(13-26(25)46-33(42)45)27-28-22(3-1-2-12-37-30(28)43)39-23(29(27)31-40-41-32(44)47-31)10-6-17-4-8-20(35)9-5-17/h4-5,7-9,11,13-15H,1-3,6,10,12,16H2,(H,37,43)(H,41,44). The number of fused-ring (bicyclic) bond motifs is 2. The van der Waals surface area contributed by atoms with Gasteiger partial charge < -0.3 is 14.2 Å². The van der Waals surface area contributed by atoms with E-state index in [1.807, 2.05) is 0 Å². The van der Waals surface area contributed by atoms with E-state index < -0.39 is 17.3 Å². The van der Waals surface area contributed by atoms with Crippen LogP contribution in [0.1, 0.15) is 45.8 Å². The third kappa shape index (κ3) is 5.97. The van der Waals surface area contributed by atoms with Gasteiger partial charge in [0.05, 0.1) is 45.3 Å². The van der Waals surface area contributed by atoms with Gasteiger partial charge >= 0.3 is 11.5 Å². The third-order valence-corrected chi connectivity index (χ3v) is 8.27. The Labute approximate surface area is 269 Å². The van der Waals surface area contributed by atoms with Crippen LogP contribution in [0.3, 0.4) is 0 Å². The maximum Gasteiger partial charge on any atom is 0.434 e. The Morgan fingerprint density at radius 2 is 1.74 bits per heavy atom. The van der Waals surface area contributed by atoms with E-state index in [4.69, 9.17) is 25.4 Å². The zero-order chi connectivity index (χ0) is 32.7. The predicted octanol–water partition coefficient (Wildman–Crippen LogP) is 5.23. The van der Waals surface area contributed by atoms with E-state index in [0.717, 1.165) is 24.5 Å². The summed E-state index contributed by atoms with van der Waals surface area (Å²) in [6.07, 6.45) is 4.13. The molecule has 0 aliphatic carbocycles. The molecule has 2 N–H and O–H groups in total. The second-order valence-corrected chi connectivity index (χ2v) is 11.5. The number of hydrogen-bond acceptors (Lipinski definition) is 8. The van der Waals surface area contributed by atoms with E-state index in [2.05, 4.69) is 20.5 Å². The quantitative estimate of drug-likeness (QED) is 0.237. The summed E-state index contributed by atoms with van der Waals surface area (Å²) in [6.45, 7) is 0.251. The maximum atomic E-state index is 14.6. The van der Waals surface area contributed by atoms with Crippen molar-refractivity contribution in [3.63, 3.8) is 0 Å². The lowest BCUT2D eigenvalue weighted by Gasteiger charge is -2.22. The lowest BCUT2D eigenvalue weighted by molar-refractivity contribution is 0.0950. The molecule has 0 bridgehead atoms. The van der Waals surface area contributed by atoms with Crippen LogP contribution in [0.2, 0.25) is 5.02 Å². The summed E-state index contributed by atoms with van der Waals surface area (Å²) >= 11 is 5.84. The number of H-pyrrole nitrogens is 1. The molecule has 5 heterocycles. The predicted molar refractivity (Wildman–Crippen MR) is 167 cm³/mol. The Morgan fingerprint density at radius 3 is 2.51 bits per heavy atom. The molecule has 0 unspecified atom stereocenters. The fraction of sp³-hybridized carbons (Fsp3) is 0.212. The summed E-state index contributed by atoms with van der Waals surface area (Å²) in [6, 6.07) is 12.1. The summed E-state index contributed by atoms with van der Waals surface area (Å²) in [5, 5.41) is 9.45. The Kier molecular flexibility index (Phi) is 7.98. The molecule has 2 aromatic carbocycles. The Bertz CT molecular complexity index is 2270. The van der Waals surface area contributed by atoms with Crippen molar-refractivity contribution >= 4 is 28.6 Å². The van der Waals surface area contributed by atoms with Gasteiger partial charge in [-0.3, -0.25) is 19.3 Å². The van der Waals surface area contributed by atoms with Gasteiger partial charge in [0.25, 0.3) is 11.8 Å². The van der Waals surface area contributed by atoms with E-state index in [1.54, 1.807) is 30.3 Å². The molecule has 0 saturated carbocycles. The van der Waals surface area contributed by atoms with Crippen LogP contribution < -0.4 is 16.8 Å². The van der Waals surface area contributed by atoms with E-state index in [1.165, 1.54) is 22.9 Å². The highest BCUT2D eigenvalue weighted by atomic mass is 35.5. The lowest BCUT2D eigenvalue weighted by Crippen LogP contribution is -2.29. The zero-order valence-corrected chi connectivity index (χ0v) is 25.4. The topological polar surface area (TPSA) is 149 Å². The molecule has 1 amide bonds. The van der Waals surface area contributed by atoms with Gasteiger partial charge in [0.15, 0.2) is 5.58 Å². The number of halogens is 3. The first-order valence-electron chi connectivity index (χ1n) is 14.8. The molecular formula is C33H25ClF2N6O5. The van der Waals surface area contributed by atoms with E-state index >= 15 is 0 Å². The van der Waals surface area contributed by atoms with Crippen molar-refractivity contribution in [3.05, 3.63) is 121 Å². The summed E-state index contributed by atoms with van der Waals surface area (Å²) in [7, 11) is 0. The third-order valence-electron chi connectivity index (χ3n) is 8.06. The van der Waals surface area contributed by atoms with Crippen LogP contribution in [-0.4, -0.2) is 37.2 Å². The number of aromatic amines is 1. The number of hydrogen-bond donors (Lipinski definition) is 2. The van der Waals surface area contributed by atoms with Crippen molar-refractivity contribution in [2.45, 2.75) is 38.6 Å². The van der Waals surface area contributed by atoms with Crippen molar-refractivity contribution < 1.29 is 22.4 Å². The molecule has 11 nitrogen and oxygen atoms in total. The summed E-state index contributed by atoms with van der Waals surface area (Å²) < 4.78 is 40.4.